The van der Waals surface area contributed by atoms with E-state index in [1.807, 2.05) is 0 Å². The minimum Gasteiger partial charge on any atom is -0.346 e. The zero-order valence-corrected chi connectivity index (χ0v) is 13.0. The van der Waals surface area contributed by atoms with Gasteiger partial charge in [-0.2, -0.15) is 0 Å². The summed E-state index contributed by atoms with van der Waals surface area (Å²) in [5.41, 5.74) is 0.510. The first-order valence-corrected chi connectivity index (χ1v) is 8.21. The van der Waals surface area contributed by atoms with E-state index >= 15 is 0 Å². The van der Waals surface area contributed by atoms with Crippen LogP contribution in [0, 0.1) is 11.7 Å². The Hall–Kier alpha value is -1.95. The fourth-order valence-corrected chi connectivity index (χ4v) is 3.55. The zero-order chi connectivity index (χ0) is 16.2. The van der Waals surface area contributed by atoms with E-state index in [9.17, 15) is 14.0 Å². The molecule has 1 aliphatic carbocycles. The molecule has 5 nitrogen and oxygen atoms in total. The Kier molecular flexibility index (Phi) is 4.91. The normalized spacial score (nSPS) is 26.4. The van der Waals surface area contributed by atoms with Gasteiger partial charge in [-0.3, -0.25) is 9.59 Å². The molecule has 3 unspecified atom stereocenters. The maximum atomic E-state index is 12.8. The lowest BCUT2D eigenvalue weighted by Crippen LogP contribution is -2.45. The fraction of sp³-hybridized carbons (Fsp3) is 0.529. The average molecular weight is 319 g/mol. The van der Waals surface area contributed by atoms with Gasteiger partial charge in [0.05, 0.1) is 12.6 Å². The standard InChI is InChI=1S/C17H22FN3O2/c18-12-5-7-13(8-6-12)20-16(22)10-19-17(23)15-9-11-3-1-2-4-14(11)21-15/h5-8,11,14-15,21H,1-4,9-10H2,(H,19,23)(H,20,22). The van der Waals surface area contributed by atoms with Crippen molar-refractivity contribution >= 4 is 17.5 Å². The van der Waals surface area contributed by atoms with Gasteiger partial charge in [0.25, 0.3) is 0 Å². The van der Waals surface area contributed by atoms with Crippen LogP contribution in [-0.2, 0) is 9.59 Å². The number of hydrogen-bond donors (Lipinski definition) is 3. The second kappa shape index (κ2) is 7.08. The number of benzene rings is 1. The number of anilines is 1. The third kappa shape index (κ3) is 4.07. The molecule has 2 aliphatic rings. The maximum absolute atomic E-state index is 12.8. The highest BCUT2D eigenvalue weighted by molar-refractivity contribution is 5.95. The van der Waals surface area contributed by atoms with Crippen molar-refractivity contribution in [2.45, 2.75) is 44.2 Å². The van der Waals surface area contributed by atoms with Gasteiger partial charge in [-0.25, -0.2) is 4.39 Å². The number of nitrogens with one attached hydrogen (secondary N) is 3. The van der Waals surface area contributed by atoms with Crippen LogP contribution in [0.25, 0.3) is 0 Å². The monoisotopic (exact) mass is 319 g/mol. The molecular formula is C17H22FN3O2. The Balaban J connectivity index is 1.43. The first-order valence-electron chi connectivity index (χ1n) is 8.21. The second-order valence-corrected chi connectivity index (χ2v) is 6.38. The lowest BCUT2D eigenvalue weighted by atomic mass is 9.85. The van der Waals surface area contributed by atoms with Crippen LogP contribution in [-0.4, -0.2) is 30.4 Å². The van der Waals surface area contributed by atoms with Crippen molar-refractivity contribution in [2.24, 2.45) is 5.92 Å². The van der Waals surface area contributed by atoms with Crippen molar-refractivity contribution in [3.05, 3.63) is 30.1 Å². The van der Waals surface area contributed by atoms with Gasteiger partial charge in [-0.15, -0.1) is 0 Å². The smallest absolute Gasteiger partial charge is 0.243 e. The Bertz CT molecular complexity index is 562. The van der Waals surface area contributed by atoms with E-state index < -0.39 is 0 Å². The Labute approximate surface area is 135 Å². The van der Waals surface area contributed by atoms with E-state index in [0.717, 1.165) is 12.8 Å². The lowest BCUT2D eigenvalue weighted by molar-refractivity contribution is -0.125. The minimum absolute atomic E-state index is 0.0796. The van der Waals surface area contributed by atoms with E-state index in [2.05, 4.69) is 16.0 Å². The molecule has 0 bridgehead atoms. The summed E-state index contributed by atoms with van der Waals surface area (Å²) >= 11 is 0. The number of fused-ring (bicyclic) bond motifs is 1. The highest BCUT2D eigenvalue weighted by atomic mass is 19.1. The quantitative estimate of drug-likeness (QED) is 0.792. The Morgan fingerprint density at radius 2 is 1.91 bits per heavy atom. The number of halogens is 1. The molecule has 1 aromatic carbocycles. The second-order valence-electron chi connectivity index (χ2n) is 6.38. The third-order valence-corrected chi connectivity index (χ3v) is 4.73. The van der Waals surface area contributed by atoms with Gasteiger partial charge in [-0.1, -0.05) is 12.8 Å². The van der Waals surface area contributed by atoms with Gasteiger partial charge < -0.3 is 16.0 Å². The average Bonchev–Trinajstić information content (AvgIpc) is 2.99. The summed E-state index contributed by atoms with van der Waals surface area (Å²) in [7, 11) is 0. The molecule has 1 aliphatic heterocycles. The molecule has 1 saturated heterocycles. The van der Waals surface area contributed by atoms with Crippen LogP contribution in [0.15, 0.2) is 24.3 Å². The van der Waals surface area contributed by atoms with Crippen LogP contribution < -0.4 is 16.0 Å². The first-order chi connectivity index (χ1) is 11.1. The van der Waals surface area contributed by atoms with Crippen molar-refractivity contribution in [3.8, 4) is 0 Å². The molecule has 0 aromatic heterocycles. The molecule has 2 fully saturated rings. The van der Waals surface area contributed by atoms with Gasteiger partial charge >= 0.3 is 0 Å². The zero-order valence-electron chi connectivity index (χ0n) is 13.0. The summed E-state index contributed by atoms with van der Waals surface area (Å²) in [5, 5.41) is 8.69. The van der Waals surface area contributed by atoms with Crippen LogP contribution >= 0.6 is 0 Å². The molecule has 6 heteroatoms. The van der Waals surface area contributed by atoms with Crippen molar-refractivity contribution < 1.29 is 14.0 Å². The van der Waals surface area contributed by atoms with Crippen LogP contribution in [0.1, 0.15) is 32.1 Å². The predicted molar refractivity (Wildman–Crippen MR) is 85.3 cm³/mol. The van der Waals surface area contributed by atoms with Gasteiger partial charge in [0.15, 0.2) is 0 Å². The highest BCUT2D eigenvalue weighted by Crippen LogP contribution is 2.33. The van der Waals surface area contributed by atoms with Gasteiger partial charge in [-0.05, 0) is 49.4 Å². The number of carbonyl (C=O) groups is 2. The first kappa shape index (κ1) is 15.9. The predicted octanol–water partition coefficient (Wildman–Crippen LogP) is 1.80. The Morgan fingerprint density at radius 1 is 1.17 bits per heavy atom. The summed E-state index contributed by atoms with van der Waals surface area (Å²) in [4.78, 5) is 24.0. The SMILES string of the molecule is O=C(CNC(=O)C1CC2CCCCC2N1)Nc1ccc(F)cc1. The van der Waals surface area contributed by atoms with Gasteiger partial charge in [0, 0.05) is 11.7 Å². The number of amides is 2. The summed E-state index contributed by atoms with van der Waals surface area (Å²) in [6.07, 6.45) is 5.65. The molecule has 124 valence electrons. The van der Waals surface area contributed by atoms with E-state index in [1.165, 1.54) is 43.5 Å². The molecule has 1 aromatic rings. The van der Waals surface area contributed by atoms with Crippen molar-refractivity contribution in [3.63, 3.8) is 0 Å². The van der Waals surface area contributed by atoms with Crippen LogP contribution in [0.2, 0.25) is 0 Å². The highest BCUT2D eigenvalue weighted by Gasteiger charge is 2.38. The van der Waals surface area contributed by atoms with E-state index in [-0.39, 0.29) is 30.2 Å². The molecule has 2 amide bonds. The van der Waals surface area contributed by atoms with Crippen LogP contribution in [0.5, 0.6) is 0 Å². The molecule has 1 saturated carbocycles. The number of hydrogen-bond acceptors (Lipinski definition) is 3. The maximum Gasteiger partial charge on any atom is 0.243 e. The van der Waals surface area contributed by atoms with Crippen molar-refractivity contribution in [2.75, 3.05) is 11.9 Å². The van der Waals surface area contributed by atoms with Crippen LogP contribution in [0.4, 0.5) is 10.1 Å². The molecular weight excluding hydrogens is 297 g/mol. The molecule has 23 heavy (non-hydrogen) atoms. The summed E-state index contributed by atoms with van der Waals surface area (Å²) in [5.74, 6) is -0.202. The fourth-order valence-electron chi connectivity index (χ4n) is 3.55. The van der Waals surface area contributed by atoms with Gasteiger partial charge in [0.1, 0.15) is 5.82 Å². The van der Waals surface area contributed by atoms with E-state index in [1.54, 1.807) is 0 Å². The lowest BCUT2D eigenvalue weighted by Gasteiger charge is -2.24. The third-order valence-electron chi connectivity index (χ3n) is 4.73. The summed E-state index contributed by atoms with van der Waals surface area (Å²) in [6.45, 7) is -0.0796. The molecule has 1 heterocycles. The molecule has 0 spiro atoms. The molecule has 3 N–H and O–H groups in total. The van der Waals surface area contributed by atoms with Crippen molar-refractivity contribution in [1.82, 2.24) is 10.6 Å². The minimum atomic E-state index is -0.356. The molecule has 3 rings (SSSR count). The molecule has 3 atom stereocenters. The summed E-state index contributed by atoms with van der Waals surface area (Å²) in [6, 6.07) is 5.78. The van der Waals surface area contributed by atoms with E-state index in [4.69, 9.17) is 0 Å². The molecule has 0 radical (unpaired) electrons. The number of rotatable bonds is 4. The van der Waals surface area contributed by atoms with E-state index in [0.29, 0.717) is 17.6 Å². The Morgan fingerprint density at radius 3 is 2.65 bits per heavy atom. The number of carbonyl (C=O) groups excluding carboxylic acids is 2. The summed E-state index contributed by atoms with van der Waals surface area (Å²) < 4.78 is 12.8. The van der Waals surface area contributed by atoms with Gasteiger partial charge in [0.2, 0.25) is 11.8 Å². The van der Waals surface area contributed by atoms with Crippen LogP contribution in [0.3, 0.4) is 0 Å². The topological polar surface area (TPSA) is 70.2 Å². The van der Waals surface area contributed by atoms with Crippen molar-refractivity contribution in [1.29, 1.82) is 0 Å². The largest absolute Gasteiger partial charge is 0.346 e.